The molecule has 0 saturated carbocycles. The van der Waals surface area contributed by atoms with Crippen LogP contribution in [0.2, 0.25) is 0 Å². The number of aromatic amines is 1. The first-order valence-corrected chi connectivity index (χ1v) is 6.67. The van der Waals surface area contributed by atoms with Crippen LogP contribution in [0.4, 0.5) is 0 Å². The Morgan fingerprint density at radius 1 is 1.22 bits per heavy atom. The number of hydrogen-bond acceptors (Lipinski definition) is 4. The van der Waals surface area contributed by atoms with Crippen LogP contribution < -0.4 is 5.73 Å². The van der Waals surface area contributed by atoms with E-state index in [1.165, 1.54) is 11.1 Å². The van der Waals surface area contributed by atoms with E-state index < -0.39 is 0 Å². The smallest absolute Gasteiger partial charge is 0.158 e. The molecule has 0 amide bonds. The molecule has 5 heteroatoms. The van der Waals surface area contributed by atoms with Gasteiger partial charge in [0.25, 0.3) is 0 Å². The molecule has 3 N–H and O–H groups in total. The van der Waals surface area contributed by atoms with Gasteiger partial charge >= 0.3 is 0 Å². The van der Waals surface area contributed by atoms with Crippen molar-refractivity contribution in [2.45, 2.75) is 20.4 Å². The Morgan fingerprint density at radius 2 is 2.00 bits per heavy atom. The molecule has 92 valence electrons. The quantitative estimate of drug-likeness (QED) is 0.742. The van der Waals surface area contributed by atoms with Crippen molar-refractivity contribution in [1.82, 2.24) is 15.0 Å². The van der Waals surface area contributed by atoms with Gasteiger partial charge in [0.15, 0.2) is 5.82 Å². The van der Waals surface area contributed by atoms with Gasteiger partial charge in [0.05, 0.1) is 11.0 Å². The highest BCUT2D eigenvalue weighted by Gasteiger charge is 2.09. The number of fused-ring (bicyclic) bond motifs is 1. The van der Waals surface area contributed by atoms with Gasteiger partial charge in [0.2, 0.25) is 0 Å². The van der Waals surface area contributed by atoms with Gasteiger partial charge in [-0.25, -0.2) is 9.97 Å². The molecule has 4 nitrogen and oxygen atoms in total. The van der Waals surface area contributed by atoms with Crippen molar-refractivity contribution in [2.24, 2.45) is 5.73 Å². The van der Waals surface area contributed by atoms with Crippen LogP contribution in [-0.2, 0) is 6.54 Å². The molecule has 0 atom stereocenters. The summed E-state index contributed by atoms with van der Waals surface area (Å²) in [5.41, 5.74) is 11.0. The van der Waals surface area contributed by atoms with E-state index in [2.05, 4.69) is 40.9 Å². The minimum absolute atomic E-state index is 0.475. The van der Waals surface area contributed by atoms with E-state index in [-0.39, 0.29) is 0 Å². The van der Waals surface area contributed by atoms with Gasteiger partial charge in [-0.05, 0) is 37.1 Å². The Kier molecular flexibility index (Phi) is 2.65. The van der Waals surface area contributed by atoms with Crippen LogP contribution in [0.5, 0.6) is 0 Å². The van der Waals surface area contributed by atoms with Crippen molar-refractivity contribution >= 4 is 22.4 Å². The monoisotopic (exact) mass is 258 g/mol. The summed E-state index contributed by atoms with van der Waals surface area (Å²) in [5.74, 6) is 0.811. The van der Waals surface area contributed by atoms with E-state index in [9.17, 15) is 0 Å². The molecule has 0 aliphatic rings. The molecule has 3 aromatic rings. The fourth-order valence-electron chi connectivity index (χ4n) is 1.90. The summed E-state index contributed by atoms with van der Waals surface area (Å²) in [6.07, 6.45) is 0. The normalized spacial score (nSPS) is 11.3. The summed E-state index contributed by atoms with van der Waals surface area (Å²) < 4.78 is 0. The Labute approximate surface area is 109 Å². The number of imidazole rings is 1. The molecule has 18 heavy (non-hydrogen) atoms. The minimum Gasteiger partial charge on any atom is -0.337 e. The third-order valence-corrected chi connectivity index (χ3v) is 3.94. The number of aryl methyl sites for hydroxylation is 2. The van der Waals surface area contributed by atoms with E-state index in [1.54, 1.807) is 11.3 Å². The molecule has 0 aliphatic carbocycles. The highest BCUT2D eigenvalue weighted by Crippen LogP contribution is 2.24. The fourth-order valence-corrected chi connectivity index (χ4v) is 2.56. The maximum atomic E-state index is 5.57. The van der Waals surface area contributed by atoms with Gasteiger partial charge in [-0.1, -0.05) is 0 Å². The van der Waals surface area contributed by atoms with Crippen molar-refractivity contribution in [3.63, 3.8) is 0 Å². The van der Waals surface area contributed by atoms with Crippen LogP contribution in [0.15, 0.2) is 17.5 Å². The van der Waals surface area contributed by atoms with Crippen LogP contribution in [0, 0.1) is 13.8 Å². The molecule has 2 heterocycles. The zero-order chi connectivity index (χ0) is 12.7. The first kappa shape index (κ1) is 11.4. The number of nitrogens with zero attached hydrogens (tertiary/aromatic N) is 2. The molecule has 1 aromatic carbocycles. The molecule has 2 aromatic heterocycles. The van der Waals surface area contributed by atoms with Gasteiger partial charge in [0, 0.05) is 11.9 Å². The Hall–Kier alpha value is -1.72. The SMILES string of the molecule is Cc1cc2nc(-c3csc(CN)n3)[nH]c2cc1C. The second kappa shape index (κ2) is 4.19. The van der Waals surface area contributed by atoms with Crippen LogP contribution in [0.25, 0.3) is 22.6 Å². The Balaban J connectivity index is 2.13. The molecule has 0 radical (unpaired) electrons. The zero-order valence-electron chi connectivity index (χ0n) is 10.3. The molecule has 0 unspecified atom stereocenters. The number of rotatable bonds is 2. The van der Waals surface area contributed by atoms with Crippen LogP contribution >= 0.6 is 11.3 Å². The molecular weight excluding hydrogens is 244 g/mol. The van der Waals surface area contributed by atoms with Gasteiger partial charge < -0.3 is 10.7 Å². The summed E-state index contributed by atoms with van der Waals surface area (Å²) in [6.45, 7) is 4.67. The second-order valence-electron chi connectivity index (χ2n) is 4.37. The summed E-state index contributed by atoms with van der Waals surface area (Å²) in [4.78, 5) is 12.3. The number of H-pyrrole nitrogens is 1. The van der Waals surface area contributed by atoms with Crippen LogP contribution in [-0.4, -0.2) is 15.0 Å². The maximum Gasteiger partial charge on any atom is 0.158 e. The number of hydrogen-bond donors (Lipinski definition) is 2. The van der Waals surface area contributed by atoms with Crippen molar-refractivity contribution in [3.8, 4) is 11.5 Å². The first-order valence-electron chi connectivity index (χ1n) is 5.79. The van der Waals surface area contributed by atoms with Crippen LogP contribution in [0.3, 0.4) is 0 Å². The third-order valence-electron chi connectivity index (χ3n) is 3.07. The highest BCUT2D eigenvalue weighted by molar-refractivity contribution is 7.09. The van der Waals surface area contributed by atoms with E-state index in [0.29, 0.717) is 6.54 Å². The van der Waals surface area contributed by atoms with Crippen LogP contribution in [0.1, 0.15) is 16.1 Å². The molecule has 0 aliphatic heterocycles. The summed E-state index contributed by atoms with van der Waals surface area (Å²) >= 11 is 1.56. The van der Waals surface area contributed by atoms with E-state index >= 15 is 0 Å². The molecule has 0 saturated heterocycles. The number of benzene rings is 1. The largest absolute Gasteiger partial charge is 0.337 e. The average molecular weight is 258 g/mol. The number of nitrogens with one attached hydrogen (secondary N) is 1. The van der Waals surface area contributed by atoms with E-state index in [1.807, 2.05) is 5.38 Å². The van der Waals surface area contributed by atoms with E-state index in [4.69, 9.17) is 5.73 Å². The molecule has 3 rings (SSSR count). The predicted molar refractivity (Wildman–Crippen MR) is 74.6 cm³/mol. The van der Waals surface area contributed by atoms with Crippen molar-refractivity contribution in [3.05, 3.63) is 33.6 Å². The topological polar surface area (TPSA) is 67.6 Å². The Morgan fingerprint density at radius 3 is 2.72 bits per heavy atom. The van der Waals surface area contributed by atoms with Crippen molar-refractivity contribution in [2.75, 3.05) is 0 Å². The predicted octanol–water partition coefficient (Wildman–Crippen LogP) is 2.76. The number of thiazole rings is 1. The number of nitrogens with two attached hydrogens (primary N) is 1. The standard InChI is InChI=1S/C13H14N4S/c1-7-3-9-10(4-8(7)2)17-13(16-9)11-6-18-12(5-14)15-11/h3-4,6H,5,14H2,1-2H3,(H,16,17). The van der Waals surface area contributed by atoms with Crippen molar-refractivity contribution < 1.29 is 0 Å². The lowest BCUT2D eigenvalue weighted by atomic mass is 10.1. The fraction of sp³-hybridized carbons (Fsp3) is 0.231. The lowest BCUT2D eigenvalue weighted by molar-refractivity contribution is 1.04. The Bertz CT molecular complexity index is 672. The highest BCUT2D eigenvalue weighted by atomic mass is 32.1. The van der Waals surface area contributed by atoms with Gasteiger partial charge in [-0.15, -0.1) is 11.3 Å². The van der Waals surface area contributed by atoms with Gasteiger partial charge in [-0.2, -0.15) is 0 Å². The second-order valence-corrected chi connectivity index (χ2v) is 5.31. The minimum atomic E-state index is 0.475. The lowest BCUT2D eigenvalue weighted by Gasteiger charge is -1.97. The third kappa shape index (κ3) is 1.81. The summed E-state index contributed by atoms with van der Waals surface area (Å²) in [7, 11) is 0. The zero-order valence-corrected chi connectivity index (χ0v) is 11.1. The maximum absolute atomic E-state index is 5.57. The first-order chi connectivity index (χ1) is 8.67. The van der Waals surface area contributed by atoms with Crippen molar-refractivity contribution in [1.29, 1.82) is 0 Å². The molecule has 0 fully saturated rings. The average Bonchev–Trinajstić information content (AvgIpc) is 2.95. The van der Waals surface area contributed by atoms with Gasteiger partial charge in [-0.3, -0.25) is 0 Å². The van der Waals surface area contributed by atoms with E-state index in [0.717, 1.165) is 27.6 Å². The van der Waals surface area contributed by atoms with Gasteiger partial charge in [0.1, 0.15) is 10.7 Å². The summed E-state index contributed by atoms with van der Waals surface area (Å²) in [5, 5.41) is 2.91. The molecule has 0 spiro atoms. The molecular formula is C13H14N4S. The molecule has 0 bridgehead atoms. The number of aromatic nitrogens is 3. The summed E-state index contributed by atoms with van der Waals surface area (Å²) in [6, 6.07) is 4.22. The lowest BCUT2D eigenvalue weighted by Crippen LogP contribution is -1.94.